The van der Waals surface area contributed by atoms with Crippen LogP contribution in [0.15, 0.2) is 0 Å². The van der Waals surface area contributed by atoms with Crippen LogP contribution in [0.4, 0.5) is 0 Å². The molecule has 0 bridgehead atoms. The first-order valence-electron chi connectivity index (χ1n) is 4.27. The van der Waals surface area contributed by atoms with Gasteiger partial charge in [-0.05, 0) is 26.7 Å². The zero-order chi connectivity index (χ0) is 12.3. The Bertz CT molecular complexity index is 389. The van der Waals surface area contributed by atoms with E-state index in [0.717, 1.165) is 11.8 Å². The van der Waals surface area contributed by atoms with Gasteiger partial charge in [0, 0.05) is 5.49 Å². The van der Waals surface area contributed by atoms with Gasteiger partial charge in [-0.2, -0.15) is 0 Å². The molecule has 0 aliphatic heterocycles. The monoisotopic (exact) mass is 292 g/mol. The van der Waals surface area contributed by atoms with E-state index >= 15 is 0 Å². The lowest BCUT2D eigenvalue weighted by Crippen LogP contribution is -2.09. The summed E-state index contributed by atoms with van der Waals surface area (Å²) in [6.07, 6.45) is 0. The van der Waals surface area contributed by atoms with Crippen LogP contribution >= 0.6 is 26.0 Å². The summed E-state index contributed by atoms with van der Waals surface area (Å²) in [6, 6.07) is 0. The van der Waals surface area contributed by atoms with Gasteiger partial charge in [0.05, 0.1) is 19.4 Å². The van der Waals surface area contributed by atoms with Gasteiger partial charge >= 0.3 is 0 Å². The van der Waals surface area contributed by atoms with E-state index in [-0.39, 0.29) is 10.6 Å². The molecule has 0 fully saturated rings. The molecule has 0 spiro atoms. The van der Waals surface area contributed by atoms with Gasteiger partial charge in [0.1, 0.15) is 5.49 Å². The van der Waals surface area contributed by atoms with E-state index in [4.69, 9.17) is 0 Å². The smallest absolute Gasteiger partial charge is 0.166 e. The van der Waals surface area contributed by atoms with E-state index in [1.54, 1.807) is 13.3 Å². The topological polar surface area (TPSA) is 68.3 Å². The zero-order valence-electron chi connectivity index (χ0n) is 9.47. The maximum Gasteiger partial charge on any atom is 0.166 e. The first kappa shape index (κ1) is 15.8. The van der Waals surface area contributed by atoms with Crippen molar-refractivity contribution in [1.29, 1.82) is 0 Å². The van der Waals surface area contributed by atoms with Gasteiger partial charge in [0.2, 0.25) is 0 Å². The lowest BCUT2D eigenvalue weighted by atomic mass is 11.8. The third-order valence-corrected chi connectivity index (χ3v) is 10.6. The Hall–Kier alpha value is 0.760. The second kappa shape index (κ2) is 5.39. The standard InChI is InChI=1S/C7H18O4P2S2/c1-12(2,8)5-14-7-15(10,11)6-13(3,4)9/h5-7H2,1-4H3. The molecule has 0 atom stereocenters. The minimum Gasteiger partial charge on any atom is -0.323 e. The van der Waals surface area contributed by atoms with Crippen molar-refractivity contribution in [2.75, 3.05) is 42.7 Å². The average molecular weight is 292 g/mol. The molecule has 4 nitrogen and oxygen atoms in total. The fraction of sp³-hybridized carbons (Fsp3) is 1.00. The Kier molecular flexibility index (Phi) is 5.67. The van der Waals surface area contributed by atoms with Crippen molar-refractivity contribution in [3.8, 4) is 0 Å². The highest BCUT2D eigenvalue weighted by Crippen LogP contribution is 2.42. The minimum absolute atomic E-state index is 0.0929. The second-order valence-corrected chi connectivity index (χ2v) is 15.7. The molecule has 0 aliphatic carbocycles. The quantitative estimate of drug-likeness (QED) is 0.702. The third kappa shape index (κ3) is 11.0. The van der Waals surface area contributed by atoms with Crippen molar-refractivity contribution in [1.82, 2.24) is 0 Å². The van der Waals surface area contributed by atoms with Crippen LogP contribution in [-0.4, -0.2) is 51.1 Å². The highest BCUT2D eigenvalue weighted by molar-refractivity contribution is 8.16. The molecule has 0 aliphatic rings. The van der Waals surface area contributed by atoms with Gasteiger partial charge in [0.15, 0.2) is 9.84 Å². The summed E-state index contributed by atoms with van der Waals surface area (Å²) in [5, 5.41) is -0.0929. The molecule has 0 unspecified atom stereocenters. The molecule has 0 aromatic heterocycles. The fourth-order valence-electron chi connectivity index (χ4n) is 0.895. The van der Waals surface area contributed by atoms with Gasteiger partial charge < -0.3 is 9.13 Å². The summed E-state index contributed by atoms with van der Waals surface area (Å²) >= 11 is 1.14. The normalized spacial score (nSPS) is 14.1. The molecule has 0 saturated heterocycles. The van der Waals surface area contributed by atoms with E-state index in [1.807, 2.05) is 0 Å². The molecule has 15 heavy (non-hydrogen) atoms. The lowest BCUT2D eigenvalue weighted by Gasteiger charge is -2.09. The molecule has 0 saturated carbocycles. The van der Waals surface area contributed by atoms with Crippen LogP contribution in [0.5, 0.6) is 0 Å². The number of sulfone groups is 1. The third-order valence-electron chi connectivity index (χ3n) is 1.17. The van der Waals surface area contributed by atoms with Crippen molar-refractivity contribution in [3.05, 3.63) is 0 Å². The van der Waals surface area contributed by atoms with Gasteiger partial charge in [0.25, 0.3) is 0 Å². The van der Waals surface area contributed by atoms with Crippen LogP contribution in [0.1, 0.15) is 0 Å². The Morgan fingerprint density at radius 1 is 1.00 bits per heavy atom. The predicted molar refractivity (Wildman–Crippen MR) is 70.0 cm³/mol. The van der Waals surface area contributed by atoms with Crippen LogP contribution < -0.4 is 0 Å². The largest absolute Gasteiger partial charge is 0.323 e. The predicted octanol–water partition coefficient (Wildman–Crippen LogP) is 2.25. The average Bonchev–Trinajstić information content (AvgIpc) is 1.75. The lowest BCUT2D eigenvalue weighted by molar-refractivity contribution is 0.581. The van der Waals surface area contributed by atoms with Crippen molar-refractivity contribution >= 4 is 35.9 Å². The summed E-state index contributed by atoms with van der Waals surface area (Å²) in [7, 11) is -7.99. The van der Waals surface area contributed by atoms with Crippen LogP contribution in [0, 0.1) is 0 Å². The Labute approximate surface area is 96.3 Å². The van der Waals surface area contributed by atoms with Crippen LogP contribution in [0.2, 0.25) is 0 Å². The van der Waals surface area contributed by atoms with E-state index in [9.17, 15) is 17.5 Å². The zero-order valence-corrected chi connectivity index (χ0v) is 12.9. The van der Waals surface area contributed by atoms with E-state index in [2.05, 4.69) is 0 Å². The van der Waals surface area contributed by atoms with Crippen LogP contribution in [0.25, 0.3) is 0 Å². The Morgan fingerprint density at radius 3 is 1.80 bits per heavy atom. The number of rotatable bonds is 6. The van der Waals surface area contributed by atoms with Gasteiger partial charge in [-0.1, -0.05) is 0 Å². The molecule has 0 amide bonds. The maximum absolute atomic E-state index is 11.4. The van der Waals surface area contributed by atoms with E-state index in [1.165, 1.54) is 13.3 Å². The molecular formula is C7H18O4P2S2. The second-order valence-electron chi connectivity index (χ2n) is 4.47. The van der Waals surface area contributed by atoms with Gasteiger partial charge in [-0.25, -0.2) is 8.42 Å². The molecule has 0 heterocycles. The summed E-state index contributed by atoms with van der Waals surface area (Å²) in [4.78, 5) is 0. The Balaban J connectivity index is 4.19. The van der Waals surface area contributed by atoms with Gasteiger partial charge in [-0.3, -0.25) is 0 Å². The minimum atomic E-state index is -3.28. The fourth-order valence-corrected chi connectivity index (χ4v) is 9.40. The van der Waals surface area contributed by atoms with Crippen molar-refractivity contribution < 1.29 is 17.5 Å². The van der Waals surface area contributed by atoms with Crippen molar-refractivity contribution in [2.45, 2.75) is 0 Å². The summed E-state index contributed by atoms with van der Waals surface area (Å²) in [5.74, 6) is 0. The Morgan fingerprint density at radius 2 is 1.47 bits per heavy atom. The number of hydrogen-bond donors (Lipinski definition) is 0. The first-order chi connectivity index (χ1) is 6.41. The summed E-state index contributed by atoms with van der Waals surface area (Å²) < 4.78 is 45.6. The molecule has 8 heteroatoms. The molecule has 0 radical (unpaired) electrons. The first-order valence-corrected chi connectivity index (χ1v) is 12.8. The van der Waals surface area contributed by atoms with Crippen molar-refractivity contribution in [3.63, 3.8) is 0 Å². The van der Waals surface area contributed by atoms with E-state index < -0.39 is 24.1 Å². The highest BCUT2D eigenvalue weighted by atomic mass is 32.3. The molecule has 0 rings (SSSR count). The number of thioether (sulfide) groups is 1. The number of hydrogen-bond acceptors (Lipinski definition) is 5. The SMILES string of the molecule is CP(C)(=O)CSCS(=O)(=O)CP(C)(C)=O. The van der Waals surface area contributed by atoms with Crippen LogP contribution in [-0.2, 0) is 19.0 Å². The summed E-state index contributed by atoms with van der Waals surface area (Å²) in [5.41, 5.74) is 0.0920. The molecule has 0 N–H and O–H groups in total. The van der Waals surface area contributed by atoms with Gasteiger partial charge in [-0.15, -0.1) is 11.8 Å². The van der Waals surface area contributed by atoms with Crippen LogP contribution in [0.3, 0.4) is 0 Å². The maximum atomic E-state index is 11.4. The molecule has 0 aromatic rings. The van der Waals surface area contributed by atoms with Crippen molar-refractivity contribution in [2.24, 2.45) is 0 Å². The van der Waals surface area contributed by atoms with E-state index in [0.29, 0.717) is 5.49 Å². The molecule has 0 aromatic carbocycles. The molecular weight excluding hydrogens is 274 g/mol. The highest BCUT2D eigenvalue weighted by Gasteiger charge is 2.21. The molecule has 92 valence electrons. The summed E-state index contributed by atoms with van der Waals surface area (Å²) in [6.45, 7) is 6.16.